The normalized spacial score (nSPS) is 27.3. The van der Waals surface area contributed by atoms with E-state index in [1.54, 1.807) is 17.2 Å². The molecule has 2 aliphatic rings. The minimum atomic E-state index is -0.767. The number of nitrogens with zero attached hydrogens (tertiary/aromatic N) is 3. The molecule has 2 atom stereocenters. The van der Waals surface area contributed by atoms with Gasteiger partial charge in [-0.05, 0) is 30.9 Å². The summed E-state index contributed by atoms with van der Waals surface area (Å²) in [6, 6.07) is 3.61. The van der Waals surface area contributed by atoms with Gasteiger partial charge in [-0.2, -0.15) is 0 Å². The van der Waals surface area contributed by atoms with Crippen LogP contribution in [0.5, 0.6) is 0 Å². The smallest absolute Gasteiger partial charge is 0.311 e. The van der Waals surface area contributed by atoms with Gasteiger partial charge in [-0.1, -0.05) is 17.8 Å². The Labute approximate surface area is 130 Å². The van der Waals surface area contributed by atoms with Crippen molar-refractivity contribution >= 4 is 33.6 Å². The topological polar surface area (TPSA) is 83.4 Å². The Morgan fingerprint density at radius 1 is 1.45 bits per heavy atom. The van der Waals surface area contributed by atoms with Crippen molar-refractivity contribution in [3.63, 3.8) is 0 Å². The van der Waals surface area contributed by atoms with Crippen LogP contribution in [-0.2, 0) is 4.79 Å². The average Bonchev–Trinajstić information content (AvgIpc) is 3.17. The molecule has 1 saturated heterocycles. The lowest BCUT2D eigenvalue weighted by atomic mass is 9.81. The first kappa shape index (κ1) is 13.6. The highest BCUT2D eigenvalue weighted by molar-refractivity contribution is 7.19. The van der Waals surface area contributed by atoms with Gasteiger partial charge in [0.1, 0.15) is 10.3 Å². The van der Waals surface area contributed by atoms with Crippen molar-refractivity contribution in [2.75, 3.05) is 13.1 Å². The molecule has 6 nitrogen and oxygen atoms in total. The minimum Gasteiger partial charge on any atom is -0.481 e. The van der Waals surface area contributed by atoms with Crippen molar-refractivity contribution in [2.24, 2.45) is 11.3 Å². The second kappa shape index (κ2) is 4.74. The Balaban J connectivity index is 1.63. The predicted molar refractivity (Wildman–Crippen MR) is 80.7 cm³/mol. The quantitative estimate of drug-likeness (QED) is 0.916. The first-order valence-corrected chi connectivity index (χ1v) is 8.16. The minimum absolute atomic E-state index is 0.0708. The van der Waals surface area contributed by atoms with Crippen molar-refractivity contribution in [3.8, 4) is 0 Å². The van der Waals surface area contributed by atoms with Gasteiger partial charge in [0.25, 0.3) is 5.91 Å². The van der Waals surface area contributed by atoms with Crippen molar-refractivity contribution in [1.82, 2.24) is 14.9 Å². The zero-order valence-corrected chi connectivity index (χ0v) is 12.7. The van der Waals surface area contributed by atoms with Gasteiger partial charge >= 0.3 is 5.97 Å². The molecule has 2 aromatic rings. The molecule has 4 rings (SSSR count). The third kappa shape index (κ3) is 1.85. The Kier molecular flexibility index (Phi) is 2.94. The zero-order chi connectivity index (χ0) is 15.3. The van der Waals surface area contributed by atoms with Gasteiger partial charge in [0.05, 0.1) is 5.41 Å². The number of hydrogen-bond donors (Lipinski definition) is 1. The van der Waals surface area contributed by atoms with Gasteiger partial charge in [0, 0.05) is 19.3 Å². The molecule has 1 aliphatic heterocycles. The first-order chi connectivity index (χ1) is 10.6. The summed E-state index contributed by atoms with van der Waals surface area (Å²) in [6.45, 7) is 0.823. The summed E-state index contributed by atoms with van der Waals surface area (Å²) < 4.78 is 0. The predicted octanol–water partition coefficient (Wildman–Crippen LogP) is 2.02. The lowest BCUT2D eigenvalue weighted by molar-refractivity contribution is -0.149. The van der Waals surface area contributed by atoms with E-state index in [1.165, 1.54) is 11.3 Å². The molecule has 1 amide bonds. The molecule has 0 bridgehead atoms. The number of aromatic nitrogens is 2. The number of carbonyl (C=O) groups is 2. The van der Waals surface area contributed by atoms with Gasteiger partial charge < -0.3 is 10.0 Å². The van der Waals surface area contributed by atoms with E-state index in [2.05, 4.69) is 9.97 Å². The number of rotatable bonds is 2. The van der Waals surface area contributed by atoms with E-state index in [9.17, 15) is 14.7 Å². The molecule has 7 heteroatoms. The molecule has 2 aromatic heterocycles. The van der Waals surface area contributed by atoms with Crippen LogP contribution in [-0.4, -0.2) is 44.9 Å². The second-order valence-electron chi connectivity index (χ2n) is 6.08. The standard InChI is InChI=1S/C15H15N3O3S/c19-13(12-17-10-4-2-6-16-11(10)22-12)18-7-9-3-1-5-15(9,8-18)14(20)21/h2,4,6,9H,1,3,5,7-8H2,(H,20,21)/t9-,15+/m0/s1. The molecule has 2 fully saturated rings. The van der Waals surface area contributed by atoms with Crippen molar-refractivity contribution in [1.29, 1.82) is 0 Å². The lowest BCUT2D eigenvalue weighted by Gasteiger charge is -2.22. The molecular formula is C15H15N3O3S. The van der Waals surface area contributed by atoms with Crippen LogP contribution in [0.15, 0.2) is 18.3 Å². The molecule has 3 heterocycles. The maximum Gasteiger partial charge on any atom is 0.311 e. The zero-order valence-electron chi connectivity index (χ0n) is 11.9. The summed E-state index contributed by atoms with van der Waals surface area (Å²) in [5.74, 6) is -0.865. The number of likely N-dealkylation sites (tertiary alicyclic amines) is 1. The van der Waals surface area contributed by atoms with E-state index >= 15 is 0 Å². The number of amides is 1. The van der Waals surface area contributed by atoms with E-state index in [0.29, 0.717) is 30.0 Å². The molecule has 0 aromatic carbocycles. The molecule has 0 spiro atoms. The average molecular weight is 317 g/mol. The third-order valence-electron chi connectivity index (χ3n) is 4.93. The van der Waals surface area contributed by atoms with E-state index in [4.69, 9.17) is 0 Å². The van der Waals surface area contributed by atoms with Crippen LogP contribution < -0.4 is 0 Å². The number of carbonyl (C=O) groups excluding carboxylic acids is 1. The number of hydrogen-bond acceptors (Lipinski definition) is 5. The van der Waals surface area contributed by atoms with Gasteiger partial charge in [0.15, 0.2) is 5.01 Å². The van der Waals surface area contributed by atoms with Crippen LogP contribution in [0.2, 0.25) is 0 Å². The SMILES string of the molecule is O=C(c1nc2cccnc2s1)N1C[C@@H]2CCC[C@@]2(C(=O)O)C1. The fourth-order valence-electron chi connectivity index (χ4n) is 3.79. The maximum absolute atomic E-state index is 12.7. The Hall–Kier alpha value is -2.02. The van der Waals surface area contributed by atoms with Crippen LogP contribution in [0.3, 0.4) is 0 Å². The summed E-state index contributed by atoms with van der Waals surface area (Å²) in [5.41, 5.74) is -0.0342. The van der Waals surface area contributed by atoms with Gasteiger partial charge in [-0.25, -0.2) is 9.97 Å². The summed E-state index contributed by atoms with van der Waals surface area (Å²) in [4.78, 5) is 35.3. The Morgan fingerprint density at radius 2 is 2.32 bits per heavy atom. The summed E-state index contributed by atoms with van der Waals surface area (Å²) in [6.07, 6.45) is 4.16. The fourth-order valence-corrected chi connectivity index (χ4v) is 4.67. The highest BCUT2D eigenvalue weighted by Gasteiger charge is 2.56. The largest absolute Gasteiger partial charge is 0.481 e. The Bertz CT molecular complexity index is 741. The first-order valence-electron chi connectivity index (χ1n) is 7.34. The lowest BCUT2D eigenvalue weighted by Crippen LogP contribution is -2.37. The monoisotopic (exact) mass is 317 g/mol. The van der Waals surface area contributed by atoms with Gasteiger partial charge in [0.2, 0.25) is 0 Å². The summed E-state index contributed by atoms with van der Waals surface area (Å²) >= 11 is 1.27. The summed E-state index contributed by atoms with van der Waals surface area (Å²) in [5, 5.41) is 10.00. The van der Waals surface area contributed by atoms with Crippen LogP contribution >= 0.6 is 11.3 Å². The number of aliphatic carboxylic acids is 1. The van der Waals surface area contributed by atoms with E-state index in [0.717, 1.165) is 17.7 Å². The summed E-state index contributed by atoms with van der Waals surface area (Å²) in [7, 11) is 0. The van der Waals surface area contributed by atoms with E-state index in [-0.39, 0.29) is 11.8 Å². The van der Waals surface area contributed by atoms with Crippen molar-refractivity contribution in [2.45, 2.75) is 19.3 Å². The fraction of sp³-hybridized carbons (Fsp3) is 0.467. The molecule has 114 valence electrons. The highest BCUT2D eigenvalue weighted by Crippen LogP contribution is 2.49. The van der Waals surface area contributed by atoms with Crippen LogP contribution in [0, 0.1) is 11.3 Å². The number of thiazole rings is 1. The molecule has 0 radical (unpaired) electrons. The molecule has 1 saturated carbocycles. The molecule has 1 N–H and O–H groups in total. The van der Waals surface area contributed by atoms with Crippen molar-refractivity contribution < 1.29 is 14.7 Å². The molecular weight excluding hydrogens is 302 g/mol. The Morgan fingerprint density at radius 3 is 3.05 bits per heavy atom. The molecule has 1 aliphatic carbocycles. The molecule has 22 heavy (non-hydrogen) atoms. The van der Waals surface area contributed by atoms with E-state index < -0.39 is 11.4 Å². The number of carboxylic acid groups (broad SMARTS) is 1. The molecule has 0 unspecified atom stereocenters. The third-order valence-corrected chi connectivity index (χ3v) is 5.90. The van der Waals surface area contributed by atoms with Crippen molar-refractivity contribution in [3.05, 3.63) is 23.3 Å². The number of fused-ring (bicyclic) bond motifs is 2. The second-order valence-corrected chi connectivity index (χ2v) is 7.06. The van der Waals surface area contributed by atoms with Crippen LogP contribution in [0.1, 0.15) is 29.1 Å². The van der Waals surface area contributed by atoms with Gasteiger partial charge in [-0.15, -0.1) is 0 Å². The highest BCUT2D eigenvalue weighted by atomic mass is 32.1. The number of carboxylic acids is 1. The van der Waals surface area contributed by atoms with Crippen LogP contribution in [0.25, 0.3) is 10.3 Å². The number of pyridine rings is 1. The van der Waals surface area contributed by atoms with Gasteiger partial charge in [-0.3, -0.25) is 9.59 Å². The maximum atomic E-state index is 12.7. The van der Waals surface area contributed by atoms with E-state index in [1.807, 2.05) is 6.07 Å². The van der Waals surface area contributed by atoms with Crippen LogP contribution in [0.4, 0.5) is 0 Å².